The zero-order chi connectivity index (χ0) is 59.9. The zero-order valence-electron chi connectivity index (χ0n) is 53.9. The van der Waals surface area contributed by atoms with Crippen molar-refractivity contribution in [2.75, 3.05) is 13.2 Å². The van der Waals surface area contributed by atoms with Crippen molar-refractivity contribution in [3.63, 3.8) is 0 Å². The number of ether oxygens (including phenoxy) is 3. The van der Waals surface area contributed by atoms with Gasteiger partial charge in [-0.1, -0.05) is 295 Å². The Kier molecular flexibility index (Phi) is 65.8. The molecule has 0 rings (SSSR count). The zero-order valence-corrected chi connectivity index (χ0v) is 53.9. The van der Waals surface area contributed by atoms with Gasteiger partial charge < -0.3 is 14.2 Å². The van der Waals surface area contributed by atoms with Crippen LogP contribution in [0.1, 0.15) is 303 Å². The highest BCUT2D eigenvalue weighted by Crippen LogP contribution is 2.16. The Bertz CT molecular complexity index is 1800. The van der Waals surface area contributed by atoms with Crippen molar-refractivity contribution >= 4 is 17.9 Å². The average molecular weight is 1150 g/mol. The summed E-state index contributed by atoms with van der Waals surface area (Å²) >= 11 is 0. The minimum Gasteiger partial charge on any atom is -0.462 e. The first-order valence-electron chi connectivity index (χ1n) is 34.3. The quantitative estimate of drug-likeness (QED) is 0.0261. The van der Waals surface area contributed by atoms with Crippen molar-refractivity contribution in [1.82, 2.24) is 0 Å². The lowest BCUT2D eigenvalue weighted by molar-refractivity contribution is -0.167. The normalized spacial score (nSPS) is 13.0. The Morgan fingerprint density at radius 3 is 0.771 bits per heavy atom. The van der Waals surface area contributed by atoms with Crippen LogP contribution in [0.15, 0.2) is 146 Å². The van der Waals surface area contributed by atoms with Gasteiger partial charge in [0.05, 0.1) is 0 Å². The molecular weight excluding hydrogens is 1020 g/mol. The molecule has 6 nitrogen and oxygen atoms in total. The second-order valence-electron chi connectivity index (χ2n) is 22.3. The van der Waals surface area contributed by atoms with Gasteiger partial charge in [0.1, 0.15) is 13.2 Å². The fraction of sp³-hybridized carbons (Fsp3) is 0.649. The van der Waals surface area contributed by atoms with Crippen LogP contribution in [0.5, 0.6) is 0 Å². The number of unbranched alkanes of at least 4 members (excludes halogenated alkanes) is 26. The number of rotatable bonds is 61. The highest BCUT2D eigenvalue weighted by atomic mass is 16.6. The maximum Gasteiger partial charge on any atom is 0.306 e. The lowest BCUT2D eigenvalue weighted by Crippen LogP contribution is -2.30. The summed E-state index contributed by atoms with van der Waals surface area (Å²) < 4.78 is 16.9. The van der Waals surface area contributed by atoms with E-state index < -0.39 is 6.10 Å². The molecule has 0 fully saturated rings. The third-order valence-corrected chi connectivity index (χ3v) is 14.3. The first-order chi connectivity index (χ1) is 41.0. The summed E-state index contributed by atoms with van der Waals surface area (Å²) in [6.45, 7) is 6.34. The molecule has 0 aliphatic carbocycles. The van der Waals surface area contributed by atoms with Gasteiger partial charge in [-0.05, 0) is 135 Å². The summed E-state index contributed by atoms with van der Waals surface area (Å²) in [4.78, 5) is 38.3. The van der Waals surface area contributed by atoms with Crippen LogP contribution in [0.25, 0.3) is 0 Å². The lowest BCUT2D eigenvalue weighted by atomic mass is 10.0. The van der Waals surface area contributed by atoms with Crippen molar-refractivity contribution < 1.29 is 28.6 Å². The summed E-state index contributed by atoms with van der Waals surface area (Å²) in [5.74, 6) is -0.976. The predicted octanol–water partition coefficient (Wildman–Crippen LogP) is 23.9. The van der Waals surface area contributed by atoms with Gasteiger partial charge in [-0.25, -0.2) is 0 Å². The third kappa shape index (κ3) is 68.0. The van der Waals surface area contributed by atoms with E-state index in [1.165, 1.54) is 122 Å². The van der Waals surface area contributed by atoms with Crippen molar-refractivity contribution in [3.05, 3.63) is 146 Å². The first-order valence-corrected chi connectivity index (χ1v) is 34.3. The van der Waals surface area contributed by atoms with Crippen molar-refractivity contribution in [2.24, 2.45) is 0 Å². The first kappa shape index (κ1) is 78.3. The molecule has 0 bridgehead atoms. The van der Waals surface area contributed by atoms with Crippen LogP contribution < -0.4 is 0 Å². The molecule has 0 aliphatic rings. The molecule has 1 atom stereocenters. The molecule has 0 saturated heterocycles. The van der Waals surface area contributed by atoms with Gasteiger partial charge in [0.25, 0.3) is 0 Å². The standard InChI is InChI=1S/C77H126O6/c1-4-7-10-13-16-19-22-25-28-30-31-32-33-34-35-36-37-38-39-40-41-42-43-44-45-47-49-52-55-58-61-64-67-70-76(79)82-73-74(72-81-75(78)69-66-63-60-57-54-51-48-27-24-21-18-15-12-9-6-3)83-77(80)71-68-65-62-59-56-53-50-46-29-26-23-20-17-14-11-8-5-2/h7-8,10-11,16-21,25-29,31-32,34-35,48,50,53,59,62,74H,4-6,9,12-15,22-24,30,33,36-47,49,51-52,54-58,60-61,63-73H2,1-3H3/b10-7-,11-8-,19-16-,20-17-,21-18-,28-25-,29-26-,32-31-,35-34-,48-27-,53-50-,62-59-. The van der Waals surface area contributed by atoms with E-state index in [1.807, 2.05) is 0 Å². The molecular formula is C77H126O6. The molecule has 0 aromatic carbocycles. The van der Waals surface area contributed by atoms with Crippen LogP contribution in [0.4, 0.5) is 0 Å². The van der Waals surface area contributed by atoms with Gasteiger partial charge in [-0.15, -0.1) is 0 Å². The smallest absolute Gasteiger partial charge is 0.306 e. The minimum atomic E-state index is -0.819. The van der Waals surface area contributed by atoms with Crippen LogP contribution in [0.2, 0.25) is 0 Å². The SMILES string of the molecule is CC/C=C\C/C=C\C/C=C\C/C=C\C/C=C\CCCCCCCCCCCCCCCCCCCC(=O)OCC(COC(=O)CCCCCCC/C=C\C/C=C\CCCCC)OC(=O)CCC/C=C\C/C=C\C/C=C\C/C=C\C/C=C\CC. The fourth-order valence-electron chi connectivity index (χ4n) is 9.24. The number of hydrogen-bond donors (Lipinski definition) is 0. The Morgan fingerprint density at radius 1 is 0.253 bits per heavy atom. The van der Waals surface area contributed by atoms with Crippen molar-refractivity contribution in [1.29, 1.82) is 0 Å². The molecule has 0 amide bonds. The van der Waals surface area contributed by atoms with E-state index >= 15 is 0 Å². The van der Waals surface area contributed by atoms with Gasteiger partial charge >= 0.3 is 17.9 Å². The molecule has 0 aromatic heterocycles. The molecule has 0 aliphatic heterocycles. The van der Waals surface area contributed by atoms with Crippen LogP contribution in [-0.2, 0) is 28.6 Å². The maximum atomic E-state index is 12.9. The second kappa shape index (κ2) is 69.8. The number of hydrogen-bond acceptors (Lipinski definition) is 6. The van der Waals surface area contributed by atoms with Gasteiger partial charge in [0.15, 0.2) is 6.10 Å². The van der Waals surface area contributed by atoms with Gasteiger partial charge in [0, 0.05) is 19.3 Å². The molecule has 1 unspecified atom stereocenters. The monoisotopic (exact) mass is 1150 g/mol. The molecule has 0 heterocycles. The predicted molar refractivity (Wildman–Crippen MR) is 362 cm³/mol. The molecule has 83 heavy (non-hydrogen) atoms. The molecule has 0 aromatic rings. The fourth-order valence-corrected chi connectivity index (χ4v) is 9.24. The van der Waals surface area contributed by atoms with E-state index in [1.54, 1.807) is 0 Å². The largest absolute Gasteiger partial charge is 0.462 e. The van der Waals surface area contributed by atoms with E-state index in [0.29, 0.717) is 19.3 Å². The number of carbonyl (C=O) groups is 3. The summed E-state index contributed by atoms with van der Waals surface area (Å²) in [5, 5.41) is 0. The lowest BCUT2D eigenvalue weighted by Gasteiger charge is -2.18. The molecule has 470 valence electrons. The van der Waals surface area contributed by atoms with Gasteiger partial charge in [0.2, 0.25) is 0 Å². The average Bonchev–Trinajstić information content (AvgIpc) is 3.49. The number of carbonyl (C=O) groups excluding carboxylic acids is 3. The van der Waals surface area contributed by atoms with E-state index in [2.05, 4.69) is 167 Å². The summed E-state index contributed by atoms with van der Waals surface area (Å²) in [6, 6.07) is 0. The van der Waals surface area contributed by atoms with Crippen LogP contribution >= 0.6 is 0 Å². The molecule has 0 spiro atoms. The Balaban J connectivity index is 4.28. The Labute approximate surface area is 512 Å². The highest BCUT2D eigenvalue weighted by molar-refractivity contribution is 5.71. The maximum absolute atomic E-state index is 12.9. The topological polar surface area (TPSA) is 78.9 Å². The van der Waals surface area contributed by atoms with E-state index in [-0.39, 0.29) is 37.5 Å². The Hall–Kier alpha value is -4.71. The highest BCUT2D eigenvalue weighted by Gasteiger charge is 2.19. The minimum absolute atomic E-state index is 0.107. The van der Waals surface area contributed by atoms with Crippen LogP contribution in [0.3, 0.4) is 0 Å². The van der Waals surface area contributed by atoms with Gasteiger partial charge in [-0.3, -0.25) is 14.4 Å². The van der Waals surface area contributed by atoms with E-state index in [9.17, 15) is 14.4 Å². The third-order valence-electron chi connectivity index (χ3n) is 14.3. The van der Waals surface area contributed by atoms with Crippen molar-refractivity contribution in [2.45, 2.75) is 309 Å². The van der Waals surface area contributed by atoms with Crippen LogP contribution in [0, 0.1) is 0 Å². The molecule has 0 N–H and O–H groups in total. The number of esters is 3. The second-order valence-corrected chi connectivity index (χ2v) is 22.3. The number of allylic oxidation sites excluding steroid dienone is 24. The van der Waals surface area contributed by atoms with Gasteiger partial charge in [-0.2, -0.15) is 0 Å². The summed E-state index contributed by atoms with van der Waals surface area (Å²) in [6.07, 6.45) is 100. The Morgan fingerprint density at radius 2 is 0.482 bits per heavy atom. The van der Waals surface area contributed by atoms with E-state index in [4.69, 9.17) is 14.2 Å². The van der Waals surface area contributed by atoms with E-state index in [0.717, 1.165) is 135 Å². The molecule has 6 heteroatoms. The molecule has 0 saturated carbocycles. The summed E-state index contributed by atoms with van der Waals surface area (Å²) in [5.41, 5.74) is 0. The van der Waals surface area contributed by atoms with Crippen molar-refractivity contribution in [3.8, 4) is 0 Å². The van der Waals surface area contributed by atoms with Crippen LogP contribution in [-0.4, -0.2) is 37.2 Å². The molecule has 0 radical (unpaired) electrons. The summed E-state index contributed by atoms with van der Waals surface area (Å²) in [7, 11) is 0.